The molecule has 1 aromatic rings. The van der Waals surface area contributed by atoms with Crippen molar-refractivity contribution < 1.29 is 24.2 Å². The molecule has 1 aromatic carbocycles. The molecule has 0 atom stereocenters. The van der Waals surface area contributed by atoms with E-state index in [2.05, 4.69) is 5.32 Å². The van der Waals surface area contributed by atoms with Crippen LogP contribution in [0.25, 0.3) is 0 Å². The van der Waals surface area contributed by atoms with Crippen LogP contribution in [-0.2, 0) is 15.0 Å². The Morgan fingerprint density at radius 3 is 2.42 bits per heavy atom. The molecule has 1 heterocycles. The Morgan fingerprint density at radius 1 is 1.04 bits per heavy atom. The standard InChI is InChI=1S/C20H29NO5/c1-20(2,15-9-10-16-17(14-15)26-13-12-25-16)19(24)21-11-7-5-3-4-6-8-18(22)23/h9-10,14H,3-8,11-13H2,1-2H3,(H,21,24)(H,22,23). The fraction of sp³-hybridized carbons (Fsp3) is 0.600. The fourth-order valence-electron chi connectivity index (χ4n) is 2.92. The van der Waals surface area contributed by atoms with Gasteiger partial charge in [-0.15, -0.1) is 0 Å². The first kappa shape index (κ1) is 20.1. The van der Waals surface area contributed by atoms with Crippen LogP contribution in [0.5, 0.6) is 11.5 Å². The highest BCUT2D eigenvalue weighted by atomic mass is 16.6. The third-order valence-electron chi connectivity index (χ3n) is 4.68. The molecule has 0 fully saturated rings. The van der Waals surface area contributed by atoms with Gasteiger partial charge < -0.3 is 19.9 Å². The van der Waals surface area contributed by atoms with Crippen molar-refractivity contribution in [2.45, 2.75) is 57.8 Å². The number of ether oxygens (including phenoxy) is 2. The van der Waals surface area contributed by atoms with Crippen molar-refractivity contribution >= 4 is 11.9 Å². The number of amides is 1. The third-order valence-corrected chi connectivity index (χ3v) is 4.68. The molecule has 0 aliphatic carbocycles. The van der Waals surface area contributed by atoms with Gasteiger partial charge in [0, 0.05) is 13.0 Å². The molecule has 0 spiro atoms. The molecule has 1 aliphatic rings. The molecule has 26 heavy (non-hydrogen) atoms. The highest BCUT2D eigenvalue weighted by Crippen LogP contribution is 2.35. The van der Waals surface area contributed by atoms with E-state index in [-0.39, 0.29) is 12.3 Å². The Kier molecular flexibility index (Phi) is 7.30. The number of carbonyl (C=O) groups is 2. The maximum atomic E-state index is 12.6. The molecule has 0 aromatic heterocycles. The fourth-order valence-corrected chi connectivity index (χ4v) is 2.92. The minimum absolute atomic E-state index is 0.0138. The van der Waals surface area contributed by atoms with Crippen molar-refractivity contribution in [1.82, 2.24) is 5.32 Å². The molecule has 144 valence electrons. The monoisotopic (exact) mass is 363 g/mol. The summed E-state index contributed by atoms with van der Waals surface area (Å²) < 4.78 is 11.1. The van der Waals surface area contributed by atoms with Gasteiger partial charge in [0.25, 0.3) is 0 Å². The first-order chi connectivity index (χ1) is 12.4. The number of unbranched alkanes of at least 4 members (excludes halogenated alkanes) is 4. The van der Waals surface area contributed by atoms with E-state index in [0.717, 1.165) is 43.4 Å². The van der Waals surface area contributed by atoms with Crippen LogP contribution in [0.15, 0.2) is 18.2 Å². The molecule has 0 saturated carbocycles. The summed E-state index contributed by atoms with van der Waals surface area (Å²) in [7, 11) is 0. The highest BCUT2D eigenvalue weighted by Gasteiger charge is 2.30. The number of nitrogens with one attached hydrogen (secondary N) is 1. The molecule has 1 amide bonds. The summed E-state index contributed by atoms with van der Waals surface area (Å²) >= 11 is 0. The second-order valence-electron chi connectivity index (χ2n) is 7.15. The smallest absolute Gasteiger partial charge is 0.303 e. The van der Waals surface area contributed by atoms with Gasteiger partial charge in [0.05, 0.1) is 5.41 Å². The van der Waals surface area contributed by atoms with Crippen LogP contribution < -0.4 is 14.8 Å². The van der Waals surface area contributed by atoms with Crippen LogP contribution >= 0.6 is 0 Å². The maximum absolute atomic E-state index is 12.6. The number of hydrogen-bond acceptors (Lipinski definition) is 4. The summed E-state index contributed by atoms with van der Waals surface area (Å²) in [6.07, 6.45) is 4.76. The molecule has 0 unspecified atom stereocenters. The van der Waals surface area contributed by atoms with Crippen molar-refractivity contribution in [3.8, 4) is 11.5 Å². The summed E-state index contributed by atoms with van der Waals surface area (Å²) in [5.41, 5.74) is 0.241. The van der Waals surface area contributed by atoms with E-state index in [1.807, 2.05) is 32.0 Å². The Morgan fingerprint density at radius 2 is 1.69 bits per heavy atom. The summed E-state index contributed by atoms with van der Waals surface area (Å²) in [6, 6.07) is 5.65. The molecule has 6 nitrogen and oxygen atoms in total. The van der Waals surface area contributed by atoms with E-state index < -0.39 is 11.4 Å². The first-order valence-electron chi connectivity index (χ1n) is 9.31. The second kappa shape index (κ2) is 9.46. The van der Waals surface area contributed by atoms with Crippen LogP contribution in [0, 0.1) is 0 Å². The summed E-state index contributed by atoms with van der Waals surface area (Å²) in [6.45, 7) is 5.51. The quantitative estimate of drug-likeness (QED) is 0.623. The molecule has 2 N–H and O–H groups in total. The second-order valence-corrected chi connectivity index (χ2v) is 7.15. The third kappa shape index (κ3) is 5.64. The van der Waals surface area contributed by atoms with Crippen LogP contribution in [0.3, 0.4) is 0 Å². The van der Waals surface area contributed by atoms with E-state index in [9.17, 15) is 9.59 Å². The van der Waals surface area contributed by atoms with E-state index >= 15 is 0 Å². The highest BCUT2D eigenvalue weighted by molar-refractivity contribution is 5.87. The lowest BCUT2D eigenvalue weighted by atomic mass is 9.83. The van der Waals surface area contributed by atoms with Gasteiger partial charge >= 0.3 is 5.97 Å². The van der Waals surface area contributed by atoms with Crippen molar-refractivity contribution in [3.05, 3.63) is 23.8 Å². The number of hydrogen-bond donors (Lipinski definition) is 2. The van der Waals surface area contributed by atoms with E-state index in [1.165, 1.54) is 0 Å². The van der Waals surface area contributed by atoms with Gasteiger partial charge in [-0.25, -0.2) is 0 Å². The maximum Gasteiger partial charge on any atom is 0.303 e. The topological polar surface area (TPSA) is 84.9 Å². The summed E-state index contributed by atoms with van der Waals surface area (Å²) in [5, 5.41) is 11.6. The van der Waals surface area contributed by atoms with Gasteiger partial charge in [-0.05, 0) is 44.4 Å². The lowest BCUT2D eigenvalue weighted by molar-refractivity contribution is -0.137. The molecular weight excluding hydrogens is 334 g/mol. The molecule has 0 radical (unpaired) electrons. The zero-order valence-corrected chi connectivity index (χ0v) is 15.7. The summed E-state index contributed by atoms with van der Waals surface area (Å²) in [4.78, 5) is 23.0. The number of carboxylic acids is 1. The van der Waals surface area contributed by atoms with E-state index in [0.29, 0.717) is 25.5 Å². The summed E-state index contributed by atoms with van der Waals surface area (Å²) in [5.74, 6) is 0.661. The van der Waals surface area contributed by atoms with Crippen molar-refractivity contribution in [2.24, 2.45) is 0 Å². The van der Waals surface area contributed by atoms with Crippen LogP contribution in [0.4, 0.5) is 0 Å². The molecular formula is C20H29NO5. The molecule has 2 rings (SSSR count). The van der Waals surface area contributed by atoms with E-state index in [4.69, 9.17) is 14.6 Å². The Labute approximate surface area is 154 Å². The van der Waals surface area contributed by atoms with Gasteiger partial charge in [-0.3, -0.25) is 9.59 Å². The molecule has 1 aliphatic heterocycles. The van der Waals surface area contributed by atoms with Gasteiger partial charge in [-0.2, -0.15) is 0 Å². The van der Waals surface area contributed by atoms with Gasteiger partial charge in [-0.1, -0.05) is 25.3 Å². The van der Waals surface area contributed by atoms with Gasteiger partial charge in [0.1, 0.15) is 13.2 Å². The number of rotatable bonds is 10. The van der Waals surface area contributed by atoms with Crippen molar-refractivity contribution in [2.75, 3.05) is 19.8 Å². The first-order valence-corrected chi connectivity index (χ1v) is 9.31. The molecule has 0 bridgehead atoms. The van der Waals surface area contributed by atoms with E-state index in [1.54, 1.807) is 0 Å². The lowest BCUT2D eigenvalue weighted by Gasteiger charge is -2.26. The minimum atomic E-state index is -0.737. The Bertz CT molecular complexity index is 627. The predicted octanol–water partition coefficient (Wildman–Crippen LogP) is 3.28. The zero-order chi connectivity index (χ0) is 19.0. The normalized spacial score (nSPS) is 13.3. The molecule has 6 heteroatoms. The Balaban J connectivity index is 1.74. The lowest BCUT2D eigenvalue weighted by Crippen LogP contribution is -2.40. The van der Waals surface area contributed by atoms with Crippen LogP contribution in [0.2, 0.25) is 0 Å². The molecule has 0 saturated heterocycles. The SMILES string of the molecule is CC(C)(C(=O)NCCCCCCCC(=O)O)c1ccc2c(c1)OCCO2. The number of fused-ring (bicyclic) bond motifs is 1. The number of carbonyl (C=O) groups excluding carboxylic acids is 1. The van der Waals surface area contributed by atoms with Crippen molar-refractivity contribution in [1.29, 1.82) is 0 Å². The van der Waals surface area contributed by atoms with Crippen LogP contribution in [0.1, 0.15) is 57.9 Å². The van der Waals surface area contributed by atoms with Crippen molar-refractivity contribution in [3.63, 3.8) is 0 Å². The predicted molar refractivity (Wildman–Crippen MR) is 98.8 cm³/mol. The zero-order valence-electron chi connectivity index (χ0n) is 15.7. The van der Waals surface area contributed by atoms with Crippen LogP contribution in [-0.4, -0.2) is 36.7 Å². The number of aliphatic carboxylic acids is 1. The number of carboxylic acid groups (broad SMARTS) is 1. The average Bonchev–Trinajstić information content (AvgIpc) is 2.63. The minimum Gasteiger partial charge on any atom is -0.486 e. The van der Waals surface area contributed by atoms with Gasteiger partial charge in [0.15, 0.2) is 11.5 Å². The number of benzene rings is 1. The largest absolute Gasteiger partial charge is 0.486 e. The van der Waals surface area contributed by atoms with Gasteiger partial charge in [0.2, 0.25) is 5.91 Å². The Hall–Kier alpha value is -2.24. The average molecular weight is 363 g/mol.